The van der Waals surface area contributed by atoms with E-state index >= 15 is 0 Å². The second-order valence-electron chi connectivity index (χ2n) is 4.26. The lowest BCUT2D eigenvalue weighted by molar-refractivity contribution is 0.519. The highest BCUT2D eigenvalue weighted by Crippen LogP contribution is 2.40. The standard InChI is InChI=1S/C11H16FOP/c1-11(2,3)9-7-5-6-8-10(9)13-14(4)12/h5-8H,1-4H3. The van der Waals surface area contributed by atoms with Crippen LogP contribution in [0.2, 0.25) is 0 Å². The van der Waals surface area contributed by atoms with Crippen LogP contribution in [0.25, 0.3) is 0 Å². The Morgan fingerprint density at radius 1 is 1.21 bits per heavy atom. The third-order valence-corrected chi connectivity index (χ3v) is 2.37. The van der Waals surface area contributed by atoms with E-state index in [1.807, 2.05) is 24.3 Å². The molecule has 0 N–H and O–H groups in total. The maximum atomic E-state index is 12.8. The summed E-state index contributed by atoms with van der Waals surface area (Å²) in [6, 6.07) is 7.61. The Labute approximate surface area is 86.2 Å². The number of para-hydroxylation sites is 1. The lowest BCUT2D eigenvalue weighted by Crippen LogP contribution is -2.12. The molecule has 78 valence electrons. The van der Waals surface area contributed by atoms with Crippen LogP contribution in [0.15, 0.2) is 24.3 Å². The first-order valence-electron chi connectivity index (χ1n) is 4.58. The number of benzene rings is 1. The molecule has 0 saturated heterocycles. The van der Waals surface area contributed by atoms with Crippen molar-refractivity contribution in [1.82, 2.24) is 0 Å². The third kappa shape index (κ3) is 2.95. The molecule has 0 fully saturated rings. The van der Waals surface area contributed by atoms with Gasteiger partial charge >= 0.3 is 0 Å². The maximum Gasteiger partial charge on any atom is 0.272 e. The zero-order chi connectivity index (χ0) is 10.8. The Bertz CT molecular complexity index is 304. The van der Waals surface area contributed by atoms with Gasteiger partial charge in [-0.25, -0.2) is 0 Å². The summed E-state index contributed by atoms with van der Waals surface area (Å²) in [7, 11) is -1.84. The maximum absolute atomic E-state index is 12.8. The Morgan fingerprint density at radius 3 is 2.29 bits per heavy atom. The molecule has 0 aromatic heterocycles. The summed E-state index contributed by atoms with van der Waals surface area (Å²) in [5.41, 5.74) is 1.04. The zero-order valence-corrected chi connectivity index (χ0v) is 9.94. The second kappa shape index (κ2) is 4.27. The summed E-state index contributed by atoms with van der Waals surface area (Å²) in [6.07, 6.45) is 0. The minimum atomic E-state index is -1.84. The quantitative estimate of drug-likeness (QED) is 0.668. The predicted molar refractivity (Wildman–Crippen MR) is 59.7 cm³/mol. The van der Waals surface area contributed by atoms with Crippen LogP contribution in [0.4, 0.5) is 4.20 Å². The van der Waals surface area contributed by atoms with E-state index < -0.39 is 8.46 Å². The molecular formula is C11H16FOP. The summed E-state index contributed by atoms with van der Waals surface area (Å²) < 4.78 is 18.0. The molecule has 0 spiro atoms. The molecule has 0 bridgehead atoms. The van der Waals surface area contributed by atoms with Gasteiger partial charge < -0.3 is 4.52 Å². The van der Waals surface area contributed by atoms with Gasteiger partial charge in [-0.15, -0.1) is 0 Å². The average molecular weight is 214 g/mol. The molecule has 1 nitrogen and oxygen atoms in total. The Balaban J connectivity index is 3.04. The van der Waals surface area contributed by atoms with Gasteiger partial charge in [-0.1, -0.05) is 39.0 Å². The van der Waals surface area contributed by atoms with E-state index in [0.717, 1.165) is 5.56 Å². The number of hydrogen-bond donors (Lipinski definition) is 0. The molecular weight excluding hydrogens is 198 g/mol. The molecule has 0 aliphatic heterocycles. The Hall–Kier alpha value is -0.620. The van der Waals surface area contributed by atoms with Crippen LogP contribution >= 0.6 is 8.46 Å². The normalized spacial score (nSPS) is 13.8. The third-order valence-electron chi connectivity index (χ3n) is 1.92. The van der Waals surface area contributed by atoms with Crippen molar-refractivity contribution in [3.05, 3.63) is 29.8 Å². The van der Waals surface area contributed by atoms with Crippen LogP contribution in [-0.4, -0.2) is 6.66 Å². The summed E-state index contributed by atoms with van der Waals surface area (Å²) in [6.45, 7) is 7.72. The Morgan fingerprint density at radius 2 is 1.79 bits per heavy atom. The highest BCUT2D eigenvalue weighted by Gasteiger charge is 2.19. The van der Waals surface area contributed by atoms with Gasteiger partial charge in [-0.3, -0.25) is 0 Å². The van der Waals surface area contributed by atoms with Crippen LogP contribution in [0.3, 0.4) is 0 Å². The van der Waals surface area contributed by atoms with Crippen molar-refractivity contribution in [2.75, 3.05) is 6.66 Å². The van der Waals surface area contributed by atoms with Crippen LogP contribution < -0.4 is 4.52 Å². The second-order valence-corrected chi connectivity index (χ2v) is 5.28. The first-order valence-corrected chi connectivity index (χ1v) is 6.18. The molecule has 0 radical (unpaired) electrons. The van der Waals surface area contributed by atoms with Gasteiger partial charge in [0, 0.05) is 6.66 Å². The fraction of sp³-hybridized carbons (Fsp3) is 0.455. The minimum Gasteiger partial charge on any atom is -0.444 e. The molecule has 0 heterocycles. The fourth-order valence-electron chi connectivity index (χ4n) is 1.30. The van der Waals surface area contributed by atoms with Crippen LogP contribution in [-0.2, 0) is 5.41 Å². The first-order chi connectivity index (χ1) is 6.41. The SMILES string of the molecule is CP(F)Oc1ccccc1C(C)(C)C. The first kappa shape index (κ1) is 11.5. The molecule has 0 saturated carbocycles. The molecule has 0 amide bonds. The summed E-state index contributed by atoms with van der Waals surface area (Å²) >= 11 is 0. The number of halogens is 1. The Kier molecular flexibility index (Phi) is 3.49. The van der Waals surface area contributed by atoms with Gasteiger partial charge in [0.05, 0.1) is 0 Å². The van der Waals surface area contributed by atoms with Crippen LogP contribution in [0, 0.1) is 0 Å². The molecule has 0 aliphatic carbocycles. The van der Waals surface area contributed by atoms with Gasteiger partial charge in [0.1, 0.15) is 5.75 Å². The number of hydrogen-bond acceptors (Lipinski definition) is 1. The topological polar surface area (TPSA) is 9.23 Å². The summed E-state index contributed by atoms with van der Waals surface area (Å²) in [4.78, 5) is 0. The minimum absolute atomic E-state index is 0.0120. The van der Waals surface area contributed by atoms with Crippen molar-refractivity contribution in [2.24, 2.45) is 0 Å². The van der Waals surface area contributed by atoms with Crippen molar-refractivity contribution >= 4 is 8.46 Å². The lowest BCUT2D eigenvalue weighted by atomic mass is 9.86. The molecule has 14 heavy (non-hydrogen) atoms. The molecule has 0 aliphatic rings. The highest BCUT2D eigenvalue weighted by atomic mass is 31.2. The van der Waals surface area contributed by atoms with Crippen molar-refractivity contribution in [3.63, 3.8) is 0 Å². The van der Waals surface area contributed by atoms with Crippen molar-refractivity contribution < 1.29 is 8.72 Å². The van der Waals surface area contributed by atoms with Crippen molar-refractivity contribution in [3.8, 4) is 5.75 Å². The number of rotatable bonds is 2. The van der Waals surface area contributed by atoms with Gasteiger partial charge in [0.25, 0.3) is 8.46 Å². The fourth-order valence-corrected chi connectivity index (χ4v) is 1.73. The van der Waals surface area contributed by atoms with Gasteiger partial charge in [-0.2, -0.15) is 4.20 Å². The van der Waals surface area contributed by atoms with Crippen LogP contribution in [0.5, 0.6) is 5.75 Å². The van der Waals surface area contributed by atoms with E-state index in [1.54, 1.807) is 0 Å². The van der Waals surface area contributed by atoms with E-state index in [0.29, 0.717) is 5.75 Å². The molecule has 1 atom stereocenters. The van der Waals surface area contributed by atoms with Crippen molar-refractivity contribution in [1.29, 1.82) is 0 Å². The average Bonchev–Trinajstić information content (AvgIpc) is 2.01. The van der Waals surface area contributed by atoms with Crippen LogP contribution in [0.1, 0.15) is 26.3 Å². The zero-order valence-electron chi connectivity index (χ0n) is 9.04. The monoisotopic (exact) mass is 214 g/mol. The molecule has 3 heteroatoms. The van der Waals surface area contributed by atoms with E-state index in [2.05, 4.69) is 20.8 Å². The predicted octanol–water partition coefficient (Wildman–Crippen LogP) is 4.27. The molecule has 1 aromatic rings. The highest BCUT2D eigenvalue weighted by molar-refractivity contribution is 7.46. The lowest BCUT2D eigenvalue weighted by Gasteiger charge is -2.22. The van der Waals surface area contributed by atoms with Crippen molar-refractivity contribution in [2.45, 2.75) is 26.2 Å². The smallest absolute Gasteiger partial charge is 0.272 e. The molecule has 1 rings (SSSR count). The van der Waals surface area contributed by atoms with E-state index in [9.17, 15) is 4.20 Å². The molecule has 1 aromatic carbocycles. The molecule has 1 unspecified atom stereocenters. The van der Waals surface area contributed by atoms with Gasteiger partial charge in [-0.05, 0) is 17.0 Å². The summed E-state index contributed by atoms with van der Waals surface area (Å²) in [5.74, 6) is 0.663. The van der Waals surface area contributed by atoms with E-state index in [1.165, 1.54) is 6.66 Å². The van der Waals surface area contributed by atoms with E-state index in [-0.39, 0.29) is 5.41 Å². The largest absolute Gasteiger partial charge is 0.444 e. The van der Waals surface area contributed by atoms with Gasteiger partial charge in [0.2, 0.25) is 0 Å². The van der Waals surface area contributed by atoms with E-state index in [4.69, 9.17) is 4.52 Å². The summed E-state index contributed by atoms with van der Waals surface area (Å²) in [5, 5.41) is 0. The van der Waals surface area contributed by atoms with Gasteiger partial charge in [0.15, 0.2) is 0 Å².